The van der Waals surface area contributed by atoms with E-state index in [2.05, 4.69) is 15.3 Å². The van der Waals surface area contributed by atoms with Crippen molar-refractivity contribution >= 4 is 49.8 Å². The van der Waals surface area contributed by atoms with Crippen LogP contribution in [0.15, 0.2) is 52.3 Å². The fourth-order valence-corrected chi connectivity index (χ4v) is 5.58. The van der Waals surface area contributed by atoms with Crippen molar-refractivity contribution in [3.63, 3.8) is 0 Å². The molecule has 0 saturated heterocycles. The highest BCUT2D eigenvalue weighted by Gasteiger charge is 2.24. The summed E-state index contributed by atoms with van der Waals surface area (Å²) in [5, 5.41) is 12.7. The third kappa shape index (κ3) is 4.04. The number of sulfone groups is 1. The number of nitrogens with zero attached hydrogens (tertiary/aromatic N) is 3. The number of halogens is 1. The molecule has 1 aromatic carbocycles. The first-order valence-corrected chi connectivity index (χ1v) is 11.2. The van der Waals surface area contributed by atoms with E-state index in [9.17, 15) is 13.2 Å². The van der Waals surface area contributed by atoms with E-state index in [1.807, 2.05) is 0 Å². The summed E-state index contributed by atoms with van der Waals surface area (Å²) >= 11 is 7.37. The van der Waals surface area contributed by atoms with Gasteiger partial charge in [-0.2, -0.15) is 0 Å². The summed E-state index contributed by atoms with van der Waals surface area (Å²) in [6, 6.07) is 10.8. The smallest absolute Gasteiger partial charge is 0.407 e. The number of carboxylic acid groups (broad SMARTS) is 1. The molecule has 8 nitrogen and oxygen atoms in total. The molecular weight excluding hydrogens is 436 g/mol. The van der Waals surface area contributed by atoms with Crippen LogP contribution in [0.5, 0.6) is 0 Å². The van der Waals surface area contributed by atoms with E-state index < -0.39 is 15.9 Å². The number of nitrogens with one attached hydrogen (secondary N) is 1. The lowest BCUT2D eigenvalue weighted by atomic mass is 10.2. The summed E-state index contributed by atoms with van der Waals surface area (Å²) in [6.45, 7) is 0.668. The van der Waals surface area contributed by atoms with Crippen LogP contribution in [0.1, 0.15) is 10.6 Å². The number of aromatic nitrogens is 2. The van der Waals surface area contributed by atoms with Gasteiger partial charge in [-0.05, 0) is 18.2 Å². The minimum absolute atomic E-state index is 0.0181. The largest absolute Gasteiger partial charge is 0.465 e. The zero-order chi connectivity index (χ0) is 20.6. The molecule has 0 saturated carbocycles. The number of anilines is 2. The molecule has 2 aromatic heterocycles. The molecule has 2 N–H and O–H groups in total. The van der Waals surface area contributed by atoms with Crippen molar-refractivity contribution < 1.29 is 18.3 Å². The minimum Gasteiger partial charge on any atom is -0.465 e. The van der Waals surface area contributed by atoms with Gasteiger partial charge in [0, 0.05) is 23.9 Å². The molecule has 0 spiro atoms. The Morgan fingerprint density at radius 1 is 1.17 bits per heavy atom. The summed E-state index contributed by atoms with van der Waals surface area (Å²) in [7, 11) is -3.75. The van der Waals surface area contributed by atoms with Crippen molar-refractivity contribution in [1.29, 1.82) is 0 Å². The maximum absolute atomic E-state index is 12.9. The number of fused-ring (bicyclic) bond motifs is 1. The van der Waals surface area contributed by atoms with Gasteiger partial charge in [0.1, 0.15) is 11.0 Å². The van der Waals surface area contributed by atoms with Gasteiger partial charge in [-0.1, -0.05) is 41.1 Å². The molecule has 0 bridgehead atoms. The van der Waals surface area contributed by atoms with E-state index in [4.69, 9.17) is 16.7 Å². The van der Waals surface area contributed by atoms with Gasteiger partial charge in [-0.3, -0.25) is 0 Å². The van der Waals surface area contributed by atoms with Crippen molar-refractivity contribution in [1.82, 2.24) is 14.9 Å². The van der Waals surface area contributed by atoms with Crippen LogP contribution in [0.25, 0.3) is 0 Å². The van der Waals surface area contributed by atoms with Crippen molar-refractivity contribution in [2.45, 2.75) is 22.8 Å². The van der Waals surface area contributed by atoms with Gasteiger partial charge in [-0.15, -0.1) is 0 Å². The number of thiazole rings is 1. The minimum atomic E-state index is -3.75. The molecule has 0 aliphatic carbocycles. The first-order chi connectivity index (χ1) is 13.8. The number of rotatable bonds is 4. The van der Waals surface area contributed by atoms with Crippen LogP contribution in [0.4, 0.5) is 15.7 Å². The zero-order valence-electron chi connectivity index (χ0n) is 14.9. The molecule has 4 rings (SSSR count). The predicted molar refractivity (Wildman–Crippen MR) is 109 cm³/mol. The van der Waals surface area contributed by atoms with Crippen LogP contribution < -0.4 is 5.32 Å². The standard InChI is InChI=1S/C18H15ClN4O4S2/c19-15-8-12(29(26,27)11-4-2-1-3-5-11)9-16(21-15)22-17-20-13-6-7-23(18(24)25)10-14(13)28-17/h1-5,8-9H,6-7,10H2,(H,24,25)(H,20,21,22). The third-order valence-corrected chi connectivity index (χ3v) is 7.31. The highest BCUT2D eigenvalue weighted by molar-refractivity contribution is 7.91. The number of carbonyl (C=O) groups is 1. The first kappa shape index (κ1) is 19.6. The Balaban J connectivity index is 1.62. The van der Waals surface area contributed by atoms with Crippen LogP contribution >= 0.6 is 22.9 Å². The second-order valence-electron chi connectivity index (χ2n) is 6.30. The first-order valence-electron chi connectivity index (χ1n) is 8.54. The number of pyridine rings is 1. The Bertz CT molecular complexity index is 1180. The van der Waals surface area contributed by atoms with Gasteiger partial charge in [0.15, 0.2) is 5.13 Å². The molecule has 0 unspecified atom stereocenters. The molecule has 3 aromatic rings. The summed E-state index contributed by atoms with van der Waals surface area (Å²) in [5.74, 6) is 0.244. The average Bonchev–Trinajstić information content (AvgIpc) is 3.09. The summed E-state index contributed by atoms with van der Waals surface area (Å²) in [5.41, 5.74) is 0.828. The topological polar surface area (TPSA) is 112 Å². The number of amides is 1. The molecule has 11 heteroatoms. The lowest BCUT2D eigenvalue weighted by Gasteiger charge is -2.22. The predicted octanol–water partition coefficient (Wildman–Crippen LogP) is 3.80. The number of benzene rings is 1. The van der Waals surface area contributed by atoms with E-state index in [-0.39, 0.29) is 27.3 Å². The zero-order valence-corrected chi connectivity index (χ0v) is 17.3. The van der Waals surface area contributed by atoms with E-state index >= 15 is 0 Å². The summed E-state index contributed by atoms with van der Waals surface area (Å²) < 4.78 is 25.7. The third-order valence-electron chi connectivity index (χ3n) is 4.37. The van der Waals surface area contributed by atoms with Crippen LogP contribution in [-0.4, -0.2) is 41.0 Å². The lowest BCUT2D eigenvalue weighted by Crippen LogP contribution is -2.34. The quantitative estimate of drug-likeness (QED) is 0.581. The van der Waals surface area contributed by atoms with E-state index in [0.717, 1.165) is 10.6 Å². The molecule has 1 aliphatic heterocycles. The van der Waals surface area contributed by atoms with Gasteiger partial charge >= 0.3 is 6.09 Å². The van der Waals surface area contributed by atoms with Crippen molar-refractivity contribution in [2.24, 2.45) is 0 Å². The fourth-order valence-electron chi connectivity index (χ4n) is 2.95. The molecule has 0 radical (unpaired) electrons. The molecule has 3 heterocycles. The Kier molecular flexibility index (Phi) is 5.15. The number of hydrogen-bond acceptors (Lipinski definition) is 7. The Morgan fingerprint density at radius 2 is 1.93 bits per heavy atom. The van der Waals surface area contributed by atoms with Crippen molar-refractivity contribution in [2.75, 3.05) is 11.9 Å². The van der Waals surface area contributed by atoms with Gasteiger partial charge < -0.3 is 15.3 Å². The Morgan fingerprint density at radius 3 is 2.66 bits per heavy atom. The summed E-state index contributed by atoms with van der Waals surface area (Å²) in [6.07, 6.45) is -0.443. The maximum Gasteiger partial charge on any atom is 0.407 e. The van der Waals surface area contributed by atoms with E-state index in [1.165, 1.54) is 40.5 Å². The highest BCUT2D eigenvalue weighted by Crippen LogP contribution is 2.31. The Labute approximate surface area is 175 Å². The molecule has 1 amide bonds. The van der Waals surface area contributed by atoms with Gasteiger partial charge in [0.25, 0.3) is 0 Å². The van der Waals surface area contributed by atoms with E-state index in [0.29, 0.717) is 18.1 Å². The van der Waals surface area contributed by atoms with Crippen molar-refractivity contribution in [3.8, 4) is 0 Å². The molecule has 0 fully saturated rings. The second-order valence-corrected chi connectivity index (χ2v) is 9.72. The molecule has 0 atom stereocenters. The highest BCUT2D eigenvalue weighted by atomic mass is 35.5. The lowest BCUT2D eigenvalue weighted by molar-refractivity contribution is 0.140. The van der Waals surface area contributed by atoms with Crippen molar-refractivity contribution in [3.05, 3.63) is 58.2 Å². The number of hydrogen-bond donors (Lipinski definition) is 2. The normalized spacial score (nSPS) is 13.8. The van der Waals surface area contributed by atoms with Crippen LogP contribution in [0.2, 0.25) is 5.15 Å². The van der Waals surface area contributed by atoms with Gasteiger partial charge in [-0.25, -0.2) is 23.2 Å². The fraction of sp³-hybridized carbons (Fsp3) is 0.167. The van der Waals surface area contributed by atoms with Crippen LogP contribution in [0, 0.1) is 0 Å². The molecular formula is C18H15ClN4O4S2. The van der Waals surface area contributed by atoms with E-state index in [1.54, 1.807) is 18.2 Å². The Hall–Kier alpha value is -2.69. The maximum atomic E-state index is 12.9. The molecule has 29 heavy (non-hydrogen) atoms. The molecule has 1 aliphatic rings. The molecule has 150 valence electrons. The summed E-state index contributed by atoms with van der Waals surface area (Å²) in [4.78, 5) is 22.1. The monoisotopic (exact) mass is 450 g/mol. The second kappa shape index (κ2) is 7.62. The van der Waals surface area contributed by atoms with Crippen LogP contribution in [0.3, 0.4) is 0 Å². The average molecular weight is 451 g/mol. The van der Waals surface area contributed by atoms with Gasteiger partial charge in [0.2, 0.25) is 9.84 Å². The van der Waals surface area contributed by atoms with Gasteiger partial charge in [0.05, 0.1) is 22.0 Å². The van der Waals surface area contributed by atoms with Crippen LogP contribution in [-0.2, 0) is 22.8 Å². The SMILES string of the molecule is O=C(O)N1CCc2nc(Nc3cc(S(=O)(=O)c4ccccc4)cc(Cl)n3)sc2C1.